The maximum absolute atomic E-state index is 12.5. The van der Waals surface area contributed by atoms with Crippen LogP contribution in [-0.4, -0.2) is 29.1 Å². The first-order valence-electron chi connectivity index (χ1n) is 10.4. The van der Waals surface area contributed by atoms with Crippen LogP contribution < -0.4 is 15.5 Å². The molecule has 1 fully saturated rings. The second kappa shape index (κ2) is 8.95. The number of urea groups is 1. The second-order valence-electron chi connectivity index (χ2n) is 7.75. The summed E-state index contributed by atoms with van der Waals surface area (Å²) in [7, 11) is 0. The Labute approximate surface area is 177 Å². The van der Waals surface area contributed by atoms with Crippen molar-refractivity contribution < 1.29 is 4.79 Å². The van der Waals surface area contributed by atoms with Crippen molar-refractivity contribution in [2.24, 2.45) is 0 Å². The molecular formula is C24H27N5O. The van der Waals surface area contributed by atoms with Crippen molar-refractivity contribution in [2.45, 2.75) is 33.1 Å². The Morgan fingerprint density at radius 1 is 0.933 bits per heavy atom. The molecule has 154 valence electrons. The highest BCUT2D eigenvalue weighted by molar-refractivity contribution is 6.00. The Morgan fingerprint density at radius 2 is 1.73 bits per heavy atom. The molecule has 1 saturated heterocycles. The highest BCUT2D eigenvalue weighted by Crippen LogP contribution is 2.30. The molecule has 1 aliphatic rings. The first-order valence-corrected chi connectivity index (χ1v) is 10.4. The Balaban J connectivity index is 1.53. The molecule has 1 aliphatic heterocycles. The minimum Gasteiger partial charge on any atom is -0.355 e. The predicted octanol–water partition coefficient (Wildman–Crippen LogP) is 5.39. The van der Waals surface area contributed by atoms with E-state index in [4.69, 9.17) is 0 Å². The van der Waals surface area contributed by atoms with Gasteiger partial charge < -0.3 is 15.5 Å². The van der Waals surface area contributed by atoms with E-state index in [9.17, 15) is 4.79 Å². The summed E-state index contributed by atoms with van der Waals surface area (Å²) >= 11 is 0. The summed E-state index contributed by atoms with van der Waals surface area (Å²) in [6, 6.07) is 13.5. The van der Waals surface area contributed by atoms with Crippen LogP contribution in [0.5, 0.6) is 0 Å². The fourth-order valence-electron chi connectivity index (χ4n) is 3.77. The molecule has 2 amide bonds. The molecular weight excluding hydrogens is 374 g/mol. The molecule has 2 aromatic carbocycles. The summed E-state index contributed by atoms with van der Waals surface area (Å²) in [6.45, 7) is 5.99. The lowest BCUT2D eigenvalue weighted by molar-refractivity contribution is 0.262. The fraction of sp³-hybridized carbons (Fsp3) is 0.292. The van der Waals surface area contributed by atoms with Gasteiger partial charge in [-0.1, -0.05) is 24.3 Å². The Kier molecular flexibility index (Phi) is 5.93. The van der Waals surface area contributed by atoms with E-state index in [0.717, 1.165) is 47.0 Å². The van der Waals surface area contributed by atoms with Gasteiger partial charge in [0.15, 0.2) is 5.82 Å². The third kappa shape index (κ3) is 4.59. The molecule has 0 aliphatic carbocycles. The average molecular weight is 402 g/mol. The smallest absolute Gasteiger partial charge is 0.323 e. The number of aryl methyl sites for hydroxylation is 2. The molecule has 3 aromatic rings. The summed E-state index contributed by atoms with van der Waals surface area (Å²) in [5.74, 6) is 0.911. The summed E-state index contributed by atoms with van der Waals surface area (Å²) in [4.78, 5) is 24.1. The molecule has 0 unspecified atom stereocenters. The molecule has 0 saturated carbocycles. The van der Waals surface area contributed by atoms with Gasteiger partial charge in [0.05, 0.1) is 0 Å². The first-order chi connectivity index (χ1) is 14.6. The Morgan fingerprint density at radius 3 is 2.57 bits per heavy atom. The summed E-state index contributed by atoms with van der Waals surface area (Å²) in [5.41, 5.74) is 5.43. The minimum absolute atomic E-state index is 0.267. The largest absolute Gasteiger partial charge is 0.355 e. The number of benzene rings is 2. The monoisotopic (exact) mass is 401 g/mol. The standard InChI is InChI=1S/C24H27N5O/c1-17-9-10-18(2)21(15-17)28-24(30)27-20-8-6-7-19(16-20)22-23(26-12-11-25-22)29-13-4-3-5-14-29/h6-12,15-16H,3-5,13-14H2,1-2H3,(H2,27,28,30). The number of nitrogens with one attached hydrogen (secondary N) is 2. The van der Waals surface area contributed by atoms with Crippen molar-refractivity contribution in [1.29, 1.82) is 0 Å². The van der Waals surface area contributed by atoms with Gasteiger partial charge in [0.1, 0.15) is 5.69 Å². The molecule has 4 rings (SSSR count). The Hall–Kier alpha value is -3.41. The predicted molar refractivity (Wildman–Crippen MR) is 122 cm³/mol. The van der Waals surface area contributed by atoms with E-state index >= 15 is 0 Å². The average Bonchev–Trinajstić information content (AvgIpc) is 2.77. The minimum atomic E-state index is -0.267. The molecule has 0 radical (unpaired) electrons. The molecule has 2 N–H and O–H groups in total. The van der Waals surface area contributed by atoms with Crippen molar-refractivity contribution >= 4 is 23.2 Å². The third-order valence-corrected chi connectivity index (χ3v) is 5.37. The number of anilines is 3. The third-order valence-electron chi connectivity index (χ3n) is 5.37. The number of nitrogens with zero attached hydrogens (tertiary/aromatic N) is 3. The lowest BCUT2D eigenvalue weighted by Crippen LogP contribution is -2.30. The van der Waals surface area contributed by atoms with Gasteiger partial charge in [0, 0.05) is 42.4 Å². The lowest BCUT2D eigenvalue weighted by Gasteiger charge is -2.28. The number of carbonyl (C=O) groups is 1. The van der Waals surface area contributed by atoms with E-state index in [0.29, 0.717) is 5.69 Å². The molecule has 6 heteroatoms. The van der Waals surface area contributed by atoms with Crippen LogP contribution in [0.1, 0.15) is 30.4 Å². The van der Waals surface area contributed by atoms with Crippen molar-refractivity contribution in [2.75, 3.05) is 28.6 Å². The normalized spacial score (nSPS) is 13.7. The zero-order chi connectivity index (χ0) is 20.9. The van der Waals surface area contributed by atoms with Crippen molar-refractivity contribution in [3.8, 4) is 11.3 Å². The van der Waals surface area contributed by atoms with Gasteiger partial charge in [-0.25, -0.2) is 9.78 Å². The van der Waals surface area contributed by atoms with Crippen LogP contribution in [0, 0.1) is 13.8 Å². The molecule has 1 aromatic heterocycles. The lowest BCUT2D eigenvalue weighted by atomic mass is 10.1. The topological polar surface area (TPSA) is 70.1 Å². The van der Waals surface area contributed by atoms with Crippen LogP contribution in [0.2, 0.25) is 0 Å². The fourth-order valence-corrected chi connectivity index (χ4v) is 3.77. The quantitative estimate of drug-likeness (QED) is 0.614. The van der Waals surface area contributed by atoms with Gasteiger partial charge in [-0.15, -0.1) is 0 Å². The number of rotatable bonds is 4. The van der Waals surface area contributed by atoms with E-state index in [-0.39, 0.29) is 6.03 Å². The van der Waals surface area contributed by atoms with Gasteiger partial charge in [-0.3, -0.25) is 4.98 Å². The number of carbonyl (C=O) groups excluding carboxylic acids is 1. The number of aromatic nitrogens is 2. The molecule has 30 heavy (non-hydrogen) atoms. The van der Waals surface area contributed by atoms with E-state index in [2.05, 4.69) is 25.5 Å². The van der Waals surface area contributed by atoms with Crippen LogP contribution in [0.15, 0.2) is 54.9 Å². The van der Waals surface area contributed by atoms with Gasteiger partial charge in [0.2, 0.25) is 0 Å². The number of hydrogen-bond acceptors (Lipinski definition) is 4. The van der Waals surface area contributed by atoms with Gasteiger partial charge >= 0.3 is 6.03 Å². The highest BCUT2D eigenvalue weighted by Gasteiger charge is 2.18. The van der Waals surface area contributed by atoms with E-state index in [1.165, 1.54) is 19.3 Å². The van der Waals surface area contributed by atoms with Crippen molar-refractivity contribution in [1.82, 2.24) is 9.97 Å². The molecule has 0 atom stereocenters. The summed E-state index contributed by atoms with van der Waals surface area (Å²) < 4.78 is 0. The van der Waals surface area contributed by atoms with Gasteiger partial charge in [-0.05, 0) is 62.4 Å². The maximum Gasteiger partial charge on any atom is 0.323 e. The van der Waals surface area contributed by atoms with Crippen molar-refractivity contribution in [3.63, 3.8) is 0 Å². The number of hydrogen-bond donors (Lipinski definition) is 2. The second-order valence-corrected chi connectivity index (χ2v) is 7.75. The van der Waals surface area contributed by atoms with Crippen LogP contribution in [0.3, 0.4) is 0 Å². The first kappa shape index (κ1) is 19.9. The number of amides is 2. The molecule has 0 bridgehead atoms. The molecule has 2 heterocycles. The zero-order valence-electron chi connectivity index (χ0n) is 17.5. The summed E-state index contributed by atoms with van der Waals surface area (Å²) in [5, 5.41) is 5.87. The van der Waals surface area contributed by atoms with Crippen LogP contribution in [0.4, 0.5) is 22.0 Å². The SMILES string of the molecule is Cc1ccc(C)c(NC(=O)Nc2cccc(-c3nccnc3N3CCCCC3)c2)c1. The number of piperidine rings is 1. The van der Waals surface area contributed by atoms with Crippen LogP contribution >= 0.6 is 0 Å². The molecule has 0 spiro atoms. The van der Waals surface area contributed by atoms with Gasteiger partial charge in [0.25, 0.3) is 0 Å². The Bertz CT molecular complexity index is 1040. The van der Waals surface area contributed by atoms with E-state index in [1.807, 2.05) is 56.3 Å². The highest BCUT2D eigenvalue weighted by atomic mass is 16.2. The molecule has 6 nitrogen and oxygen atoms in total. The van der Waals surface area contributed by atoms with E-state index < -0.39 is 0 Å². The van der Waals surface area contributed by atoms with Gasteiger partial charge in [-0.2, -0.15) is 0 Å². The van der Waals surface area contributed by atoms with E-state index in [1.54, 1.807) is 12.4 Å². The summed E-state index contributed by atoms with van der Waals surface area (Å²) in [6.07, 6.45) is 7.08. The maximum atomic E-state index is 12.5. The van der Waals surface area contributed by atoms with Crippen molar-refractivity contribution in [3.05, 3.63) is 66.0 Å². The zero-order valence-corrected chi connectivity index (χ0v) is 17.5. The van der Waals surface area contributed by atoms with Crippen LogP contribution in [-0.2, 0) is 0 Å². The van der Waals surface area contributed by atoms with Crippen LogP contribution in [0.25, 0.3) is 11.3 Å².